The second-order valence-corrected chi connectivity index (χ2v) is 10.2. The quantitative estimate of drug-likeness (QED) is 0.468. The molecule has 0 aromatic heterocycles. The van der Waals surface area contributed by atoms with Gasteiger partial charge in [-0.25, -0.2) is 0 Å². The number of nitrogens with zero attached hydrogens (tertiary/aromatic N) is 1. The molecule has 0 aliphatic carbocycles. The predicted octanol–water partition coefficient (Wildman–Crippen LogP) is 3.45. The average molecular weight is 515 g/mol. The molecule has 6 rings (SSSR count). The second kappa shape index (κ2) is 9.53. The molecule has 1 spiro atoms. The number of benzene rings is 3. The third kappa shape index (κ3) is 3.70. The number of rotatable bonds is 7. The molecule has 3 aromatic carbocycles. The van der Waals surface area contributed by atoms with Crippen LogP contribution in [0.15, 0.2) is 72.8 Å². The Kier molecular flexibility index (Phi) is 6.16. The van der Waals surface area contributed by atoms with Crippen molar-refractivity contribution in [2.24, 2.45) is 11.8 Å². The van der Waals surface area contributed by atoms with Crippen LogP contribution in [0.3, 0.4) is 0 Å². The number of carbonyl (C=O) groups excluding carboxylic acids is 3. The van der Waals surface area contributed by atoms with Crippen LogP contribution in [-0.2, 0) is 23.9 Å². The summed E-state index contributed by atoms with van der Waals surface area (Å²) >= 11 is 0. The number of aliphatic hydroxyl groups is 1. The lowest BCUT2D eigenvalue weighted by atomic mass is 9.70. The summed E-state index contributed by atoms with van der Waals surface area (Å²) in [6.07, 6.45) is 0.532. The third-order valence-corrected chi connectivity index (χ3v) is 8.26. The largest absolute Gasteiger partial charge is 0.466 e. The first-order valence-corrected chi connectivity index (χ1v) is 13.1. The van der Waals surface area contributed by atoms with Crippen LogP contribution in [0.1, 0.15) is 31.4 Å². The molecular formula is C30H30N2O6. The van der Waals surface area contributed by atoms with Crippen LogP contribution in [0.5, 0.6) is 0 Å². The van der Waals surface area contributed by atoms with Crippen molar-refractivity contribution in [1.29, 1.82) is 0 Å². The van der Waals surface area contributed by atoms with Gasteiger partial charge in [0, 0.05) is 5.69 Å². The first-order valence-electron chi connectivity index (χ1n) is 13.1. The summed E-state index contributed by atoms with van der Waals surface area (Å²) in [5, 5.41) is 15.5. The first kappa shape index (κ1) is 24.6. The molecule has 2 bridgehead atoms. The van der Waals surface area contributed by atoms with Crippen LogP contribution < -0.4 is 5.32 Å². The highest BCUT2D eigenvalue weighted by molar-refractivity contribution is 6.04. The second-order valence-electron chi connectivity index (χ2n) is 10.2. The number of esters is 1. The van der Waals surface area contributed by atoms with Gasteiger partial charge in [0.2, 0.25) is 11.8 Å². The Hall–Kier alpha value is -3.75. The van der Waals surface area contributed by atoms with E-state index in [9.17, 15) is 19.5 Å². The van der Waals surface area contributed by atoms with Gasteiger partial charge in [-0.3, -0.25) is 14.4 Å². The van der Waals surface area contributed by atoms with Crippen molar-refractivity contribution in [1.82, 2.24) is 4.90 Å². The van der Waals surface area contributed by atoms with Crippen LogP contribution in [0.2, 0.25) is 0 Å². The minimum atomic E-state index is -1.18. The standard InChI is InChI=1S/C30H30N2O6/c1-2-37-29(36)24-23-14-15-30(38-23)25(24)28(35)32(22(17-33)19-9-4-3-5-10-19)26(30)27(34)31-21-13-12-18-8-6-7-11-20(18)16-21/h3-13,16,22-26,33H,2,14-15,17H2,1H3,(H,31,34)/t22-,23+,24-,25+,26?,30?/m1/s1. The van der Waals surface area contributed by atoms with Crippen LogP contribution in [-0.4, -0.2) is 58.8 Å². The summed E-state index contributed by atoms with van der Waals surface area (Å²) in [5.41, 5.74) is 0.114. The van der Waals surface area contributed by atoms with Gasteiger partial charge in [-0.15, -0.1) is 0 Å². The molecule has 3 heterocycles. The fourth-order valence-electron chi connectivity index (χ4n) is 6.74. The van der Waals surface area contributed by atoms with Crippen molar-refractivity contribution >= 4 is 34.2 Å². The Morgan fingerprint density at radius 1 is 1.11 bits per heavy atom. The molecular weight excluding hydrogens is 484 g/mol. The number of hydrogen-bond donors (Lipinski definition) is 2. The Morgan fingerprint density at radius 2 is 1.84 bits per heavy atom. The third-order valence-electron chi connectivity index (χ3n) is 8.26. The maximum absolute atomic E-state index is 14.2. The molecule has 3 fully saturated rings. The molecule has 38 heavy (non-hydrogen) atoms. The molecule has 2 amide bonds. The minimum Gasteiger partial charge on any atom is -0.466 e. The summed E-state index contributed by atoms with van der Waals surface area (Å²) in [6, 6.07) is 20.8. The van der Waals surface area contributed by atoms with E-state index in [0.29, 0.717) is 24.1 Å². The van der Waals surface area contributed by atoms with E-state index in [1.165, 1.54) is 4.90 Å². The van der Waals surface area contributed by atoms with Crippen molar-refractivity contribution in [2.45, 2.75) is 43.6 Å². The monoisotopic (exact) mass is 514 g/mol. The Balaban J connectivity index is 1.42. The van der Waals surface area contributed by atoms with Gasteiger partial charge in [0.15, 0.2) is 0 Å². The Bertz CT molecular complexity index is 1390. The lowest BCUT2D eigenvalue weighted by molar-refractivity contribution is -0.155. The number of fused-ring (bicyclic) bond motifs is 2. The first-order chi connectivity index (χ1) is 18.5. The summed E-state index contributed by atoms with van der Waals surface area (Å²) in [6.45, 7) is 1.53. The fraction of sp³-hybridized carbons (Fsp3) is 0.367. The summed E-state index contributed by atoms with van der Waals surface area (Å²) in [4.78, 5) is 42.7. The molecule has 0 radical (unpaired) electrons. The lowest BCUT2D eigenvalue weighted by Gasteiger charge is -2.36. The van der Waals surface area contributed by atoms with E-state index in [-0.39, 0.29) is 19.1 Å². The van der Waals surface area contributed by atoms with E-state index in [1.807, 2.05) is 72.8 Å². The zero-order valence-electron chi connectivity index (χ0n) is 21.1. The number of carbonyl (C=O) groups is 3. The van der Waals surface area contributed by atoms with Gasteiger partial charge < -0.3 is 24.8 Å². The highest BCUT2D eigenvalue weighted by Gasteiger charge is 2.75. The van der Waals surface area contributed by atoms with E-state index >= 15 is 0 Å². The van der Waals surface area contributed by atoms with Gasteiger partial charge >= 0.3 is 5.97 Å². The molecule has 6 atom stereocenters. The Labute approximate surface area is 220 Å². The maximum atomic E-state index is 14.2. The molecule has 3 aliphatic rings. The number of ether oxygens (including phenoxy) is 2. The minimum absolute atomic E-state index is 0.189. The molecule has 2 unspecified atom stereocenters. The number of likely N-dealkylation sites (tertiary alicyclic amines) is 1. The number of hydrogen-bond acceptors (Lipinski definition) is 6. The highest BCUT2D eigenvalue weighted by Crippen LogP contribution is 2.60. The van der Waals surface area contributed by atoms with Crippen LogP contribution in [0, 0.1) is 11.8 Å². The normalized spacial score (nSPS) is 28.4. The van der Waals surface area contributed by atoms with Crippen molar-refractivity contribution < 1.29 is 29.0 Å². The fourth-order valence-corrected chi connectivity index (χ4v) is 6.74. The zero-order valence-corrected chi connectivity index (χ0v) is 21.1. The van der Waals surface area contributed by atoms with Gasteiger partial charge in [-0.05, 0) is 48.2 Å². The topological polar surface area (TPSA) is 105 Å². The van der Waals surface area contributed by atoms with Crippen LogP contribution >= 0.6 is 0 Å². The predicted molar refractivity (Wildman–Crippen MR) is 140 cm³/mol. The molecule has 8 nitrogen and oxygen atoms in total. The number of anilines is 1. The van der Waals surface area contributed by atoms with Gasteiger partial charge in [0.25, 0.3) is 0 Å². The van der Waals surface area contributed by atoms with E-state index in [1.54, 1.807) is 6.92 Å². The Morgan fingerprint density at radius 3 is 2.58 bits per heavy atom. The molecule has 3 aromatic rings. The van der Waals surface area contributed by atoms with E-state index < -0.39 is 47.5 Å². The van der Waals surface area contributed by atoms with Crippen LogP contribution in [0.4, 0.5) is 5.69 Å². The number of nitrogens with one attached hydrogen (secondary N) is 1. The van der Waals surface area contributed by atoms with E-state index in [4.69, 9.17) is 9.47 Å². The van der Waals surface area contributed by atoms with Crippen LogP contribution in [0.25, 0.3) is 10.8 Å². The van der Waals surface area contributed by atoms with Gasteiger partial charge in [0.1, 0.15) is 11.6 Å². The molecule has 2 N–H and O–H groups in total. The maximum Gasteiger partial charge on any atom is 0.312 e. The van der Waals surface area contributed by atoms with Crippen molar-refractivity contribution in [3.05, 3.63) is 78.4 Å². The SMILES string of the molecule is CCOC(=O)[C@@H]1[C@@H]2CCC3(O2)C(C(=O)Nc2ccc4ccccc4c2)N([C@H](CO)c2ccccc2)C(=O)[C@H]13. The van der Waals surface area contributed by atoms with Gasteiger partial charge in [-0.1, -0.05) is 60.7 Å². The smallest absolute Gasteiger partial charge is 0.312 e. The molecule has 8 heteroatoms. The summed E-state index contributed by atoms with van der Waals surface area (Å²) < 4.78 is 11.8. The molecule has 0 saturated carbocycles. The summed E-state index contributed by atoms with van der Waals surface area (Å²) in [5.74, 6) is -2.89. The summed E-state index contributed by atoms with van der Waals surface area (Å²) in [7, 11) is 0. The molecule has 3 aliphatic heterocycles. The van der Waals surface area contributed by atoms with Crippen molar-refractivity contribution in [2.75, 3.05) is 18.5 Å². The van der Waals surface area contributed by atoms with Crippen molar-refractivity contribution in [3.8, 4) is 0 Å². The number of aliphatic hydroxyl groups excluding tert-OH is 1. The molecule has 3 saturated heterocycles. The molecule has 196 valence electrons. The van der Waals surface area contributed by atoms with Gasteiger partial charge in [-0.2, -0.15) is 0 Å². The lowest BCUT2D eigenvalue weighted by Crippen LogP contribution is -2.54. The zero-order chi connectivity index (χ0) is 26.4. The number of amides is 2. The van der Waals surface area contributed by atoms with Crippen molar-refractivity contribution in [3.63, 3.8) is 0 Å². The van der Waals surface area contributed by atoms with Gasteiger partial charge in [0.05, 0.1) is 37.2 Å². The highest BCUT2D eigenvalue weighted by atomic mass is 16.6. The van der Waals surface area contributed by atoms with E-state index in [2.05, 4.69) is 5.32 Å². The average Bonchev–Trinajstić information content (AvgIpc) is 3.57. The van der Waals surface area contributed by atoms with E-state index in [0.717, 1.165) is 10.8 Å².